The van der Waals surface area contributed by atoms with Gasteiger partial charge in [0.15, 0.2) is 6.10 Å². The van der Waals surface area contributed by atoms with Gasteiger partial charge in [0.25, 0.3) is 0 Å². The third-order valence-corrected chi connectivity index (χ3v) is 4.87. The fourth-order valence-corrected chi connectivity index (χ4v) is 2.91. The molecule has 15 heavy (non-hydrogen) atoms. The minimum Gasteiger partial charge on any atom is -0.477 e. The number of thiophene rings is 1. The number of hydrogen-bond donors (Lipinski definition) is 2. The van der Waals surface area contributed by atoms with E-state index in [4.69, 9.17) is 5.11 Å². The van der Waals surface area contributed by atoms with Crippen LogP contribution in [0.25, 0.3) is 0 Å². The van der Waals surface area contributed by atoms with Gasteiger partial charge in [-0.1, -0.05) is 0 Å². The smallest absolute Gasteiger partial charge is 0.377 e. The van der Waals surface area contributed by atoms with Gasteiger partial charge in [-0.3, -0.25) is 0 Å². The largest absolute Gasteiger partial charge is 0.477 e. The number of halogens is 4. The lowest BCUT2D eigenvalue weighted by molar-refractivity contribution is -0.182. The van der Waals surface area contributed by atoms with E-state index in [0.717, 1.165) is 11.3 Å². The van der Waals surface area contributed by atoms with E-state index in [2.05, 4.69) is 31.9 Å². The number of alkyl halides is 2. The second kappa shape index (κ2) is 4.44. The van der Waals surface area contributed by atoms with E-state index in [-0.39, 0.29) is 4.88 Å². The maximum Gasteiger partial charge on any atom is 0.377 e. The predicted octanol–water partition coefficient (Wildman–Crippen LogP) is 3.03. The predicted molar refractivity (Wildman–Crippen MR) is 57.3 cm³/mol. The molecular weight excluding hydrogens is 362 g/mol. The molecule has 3 nitrogen and oxygen atoms in total. The van der Waals surface area contributed by atoms with Crippen molar-refractivity contribution in [2.24, 2.45) is 0 Å². The molecule has 0 radical (unpaired) electrons. The average Bonchev–Trinajstić information content (AvgIpc) is 2.45. The molecule has 84 valence electrons. The molecule has 0 aliphatic rings. The summed E-state index contributed by atoms with van der Waals surface area (Å²) in [6.45, 7) is 0. The van der Waals surface area contributed by atoms with Gasteiger partial charge >= 0.3 is 11.9 Å². The lowest BCUT2D eigenvalue weighted by atomic mass is 10.1. The third kappa shape index (κ3) is 2.55. The van der Waals surface area contributed by atoms with Crippen LogP contribution >= 0.6 is 43.2 Å². The average molecular weight is 366 g/mol. The lowest BCUT2D eigenvalue weighted by Gasteiger charge is -2.16. The highest BCUT2D eigenvalue weighted by Gasteiger charge is 2.48. The van der Waals surface area contributed by atoms with Gasteiger partial charge in [0.2, 0.25) is 0 Å². The van der Waals surface area contributed by atoms with Crippen LogP contribution in [0, 0.1) is 0 Å². The summed E-state index contributed by atoms with van der Waals surface area (Å²) in [5.74, 6) is -6.54. The highest BCUT2D eigenvalue weighted by molar-refractivity contribution is 9.13. The van der Waals surface area contributed by atoms with Gasteiger partial charge in [0.1, 0.15) is 0 Å². The molecule has 1 heterocycles. The van der Waals surface area contributed by atoms with E-state index >= 15 is 0 Å². The van der Waals surface area contributed by atoms with Crippen molar-refractivity contribution in [3.8, 4) is 0 Å². The summed E-state index contributed by atoms with van der Waals surface area (Å²) in [5.41, 5.74) is 0. The van der Waals surface area contributed by atoms with Gasteiger partial charge in [-0.2, -0.15) is 8.78 Å². The summed E-state index contributed by atoms with van der Waals surface area (Å²) in [6.07, 6.45) is -2.34. The second-order valence-corrected chi connectivity index (χ2v) is 5.86. The molecule has 1 atom stereocenters. The van der Waals surface area contributed by atoms with Gasteiger partial charge in [-0.25, -0.2) is 4.79 Å². The van der Waals surface area contributed by atoms with Gasteiger partial charge in [0, 0.05) is 9.35 Å². The Morgan fingerprint density at radius 3 is 2.40 bits per heavy atom. The zero-order chi connectivity index (χ0) is 11.8. The van der Waals surface area contributed by atoms with Crippen LogP contribution in [-0.2, 0) is 4.79 Å². The molecule has 0 saturated heterocycles. The summed E-state index contributed by atoms with van der Waals surface area (Å²) in [6, 6.07) is 1.25. The van der Waals surface area contributed by atoms with Crippen molar-refractivity contribution >= 4 is 49.2 Å². The number of carboxylic acids is 1. The van der Waals surface area contributed by atoms with Crippen LogP contribution < -0.4 is 0 Å². The number of hydrogen-bond acceptors (Lipinski definition) is 3. The van der Waals surface area contributed by atoms with Crippen molar-refractivity contribution in [3.63, 3.8) is 0 Å². The fourth-order valence-electron chi connectivity index (χ4n) is 0.794. The molecule has 0 saturated carbocycles. The van der Waals surface area contributed by atoms with Crippen molar-refractivity contribution in [1.29, 1.82) is 0 Å². The maximum atomic E-state index is 12.9. The highest BCUT2D eigenvalue weighted by atomic mass is 79.9. The number of carbonyl (C=O) groups is 1. The normalized spacial score (nSPS) is 13.9. The zero-order valence-electron chi connectivity index (χ0n) is 6.88. The Kier molecular flexibility index (Phi) is 3.85. The second-order valence-electron chi connectivity index (χ2n) is 2.60. The Morgan fingerprint density at radius 2 is 2.07 bits per heavy atom. The van der Waals surface area contributed by atoms with E-state index in [1.807, 2.05) is 0 Å². The quantitative estimate of drug-likeness (QED) is 0.865. The van der Waals surface area contributed by atoms with Gasteiger partial charge in [-0.15, -0.1) is 11.3 Å². The van der Waals surface area contributed by atoms with Crippen molar-refractivity contribution in [2.45, 2.75) is 12.0 Å². The monoisotopic (exact) mass is 364 g/mol. The van der Waals surface area contributed by atoms with Crippen molar-refractivity contribution < 1.29 is 23.8 Å². The number of aliphatic hydroxyl groups is 1. The number of aliphatic hydroxyl groups excluding tert-OH is 1. The number of carboxylic acid groups (broad SMARTS) is 1. The van der Waals surface area contributed by atoms with Crippen molar-refractivity contribution in [1.82, 2.24) is 0 Å². The SMILES string of the molecule is O=C(O)C(F)(F)C(O)c1cc(Br)c(Br)s1. The zero-order valence-corrected chi connectivity index (χ0v) is 10.9. The molecule has 1 aromatic rings. The first-order valence-electron chi connectivity index (χ1n) is 3.50. The molecule has 0 amide bonds. The molecule has 0 fully saturated rings. The van der Waals surface area contributed by atoms with Crippen LogP contribution in [0.2, 0.25) is 0 Å². The van der Waals surface area contributed by atoms with E-state index in [1.165, 1.54) is 6.07 Å². The summed E-state index contributed by atoms with van der Waals surface area (Å²) in [5, 5.41) is 17.4. The minimum absolute atomic E-state index is 0.124. The lowest BCUT2D eigenvalue weighted by Crippen LogP contribution is -2.35. The molecule has 1 rings (SSSR count). The summed E-state index contributed by atoms with van der Waals surface area (Å²) < 4.78 is 26.8. The Labute approximate surface area is 104 Å². The van der Waals surface area contributed by atoms with E-state index in [9.17, 15) is 18.7 Å². The topological polar surface area (TPSA) is 57.5 Å². The Balaban J connectivity index is 3.04. The summed E-state index contributed by atoms with van der Waals surface area (Å²) in [4.78, 5) is 10.1. The van der Waals surface area contributed by atoms with E-state index in [1.54, 1.807) is 0 Å². The molecule has 0 aliphatic carbocycles. The van der Waals surface area contributed by atoms with Gasteiger partial charge in [0.05, 0.1) is 3.79 Å². The van der Waals surface area contributed by atoms with Gasteiger partial charge in [-0.05, 0) is 37.9 Å². The highest BCUT2D eigenvalue weighted by Crippen LogP contribution is 2.40. The van der Waals surface area contributed by atoms with E-state index in [0.29, 0.717) is 8.26 Å². The van der Waals surface area contributed by atoms with Crippen LogP contribution in [0.3, 0.4) is 0 Å². The molecule has 8 heteroatoms. The number of rotatable bonds is 3. The van der Waals surface area contributed by atoms with Crippen LogP contribution in [-0.4, -0.2) is 22.1 Å². The standard InChI is InChI=1S/C7H4Br2F2O3S/c8-2-1-3(15-5(2)9)4(12)7(10,11)6(13)14/h1,4,12H,(H,13,14). The van der Waals surface area contributed by atoms with Crippen molar-refractivity contribution in [3.05, 3.63) is 19.2 Å². The fraction of sp³-hybridized carbons (Fsp3) is 0.286. The maximum absolute atomic E-state index is 12.9. The number of aliphatic carboxylic acids is 1. The third-order valence-electron chi connectivity index (χ3n) is 1.56. The van der Waals surface area contributed by atoms with Crippen LogP contribution in [0.4, 0.5) is 8.78 Å². The molecule has 2 N–H and O–H groups in total. The summed E-state index contributed by atoms with van der Waals surface area (Å²) in [7, 11) is 0. The van der Waals surface area contributed by atoms with Gasteiger partial charge < -0.3 is 10.2 Å². The molecule has 0 aromatic carbocycles. The van der Waals surface area contributed by atoms with Crippen LogP contribution in [0.1, 0.15) is 11.0 Å². The van der Waals surface area contributed by atoms with E-state index < -0.39 is 18.0 Å². The van der Waals surface area contributed by atoms with Crippen LogP contribution in [0.5, 0.6) is 0 Å². The Hall–Kier alpha value is -0.0500. The molecule has 1 unspecified atom stereocenters. The molecule has 1 aromatic heterocycles. The first-order chi connectivity index (χ1) is 6.76. The first kappa shape index (κ1) is 13.0. The summed E-state index contributed by atoms with van der Waals surface area (Å²) >= 11 is 6.95. The molecular formula is C7H4Br2F2O3S. The van der Waals surface area contributed by atoms with Crippen LogP contribution in [0.15, 0.2) is 14.3 Å². The molecule has 0 spiro atoms. The minimum atomic E-state index is -4.19. The molecule has 0 bridgehead atoms. The first-order valence-corrected chi connectivity index (χ1v) is 5.91. The van der Waals surface area contributed by atoms with Crippen molar-refractivity contribution in [2.75, 3.05) is 0 Å². The Bertz CT molecular complexity index is 374. The molecule has 0 aliphatic heterocycles. The Morgan fingerprint density at radius 1 is 1.53 bits per heavy atom.